The summed E-state index contributed by atoms with van der Waals surface area (Å²) < 4.78 is 30.9. The lowest BCUT2D eigenvalue weighted by Crippen LogP contribution is -2.23. The molecule has 150 valence electrons. The van der Waals surface area contributed by atoms with E-state index in [9.17, 15) is 23.1 Å². The van der Waals surface area contributed by atoms with Gasteiger partial charge in [-0.3, -0.25) is 4.79 Å². The number of anilines is 1. The van der Waals surface area contributed by atoms with Crippen LogP contribution in [0.3, 0.4) is 0 Å². The highest BCUT2D eigenvalue weighted by atomic mass is 79.9. The summed E-state index contributed by atoms with van der Waals surface area (Å²) in [5, 5.41) is 12.1. The summed E-state index contributed by atoms with van der Waals surface area (Å²) in [7, 11) is -1.09. The predicted octanol–water partition coefficient (Wildman–Crippen LogP) is 2.85. The van der Waals surface area contributed by atoms with E-state index >= 15 is 0 Å². The molecule has 0 aliphatic rings. The standard InChI is InChI=1S/C17H16BrClN2O6S/c1-21(2)28(25,26)15-8-11(4-5-13(15)19)20-16(23)9-27-17(24)12-7-10(18)3-6-14(12)22/h3-8,22H,9H2,1-2H3,(H,20,23). The van der Waals surface area contributed by atoms with E-state index in [0.717, 1.165) is 4.31 Å². The first-order valence-corrected chi connectivity index (χ1v) is 10.3. The van der Waals surface area contributed by atoms with Crippen molar-refractivity contribution in [3.63, 3.8) is 0 Å². The molecule has 0 heterocycles. The average molecular weight is 492 g/mol. The summed E-state index contributed by atoms with van der Waals surface area (Å²) in [4.78, 5) is 23.8. The second-order valence-electron chi connectivity index (χ2n) is 5.72. The molecule has 0 aromatic heterocycles. The van der Waals surface area contributed by atoms with Crippen molar-refractivity contribution in [1.82, 2.24) is 4.31 Å². The molecule has 8 nitrogen and oxygen atoms in total. The van der Waals surface area contributed by atoms with Crippen molar-refractivity contribution in [2.45, 2.75) is 4.90 Å². The number of phenolic OH excluding ortho intramolecular Hbond substituents is 1. The van der Waals surface area contributed by atoms with E-state index in [4.69, 9.17) is 16.3 Å². The van der Waals surface area contributed by atoms with E-state index in [1.807, 2.05) is 0 Å². The Balaban J connectivity index is 2.08. The van der Waals surface area contributed by atoms with Crippen LogP contribution in [0.25, 0.3) is 0 Å². The predicted molar refractivity (Wildman–Crippen MR) is 107 cm³/mol. The fourth-order valence-electron chi connectivity index (χ4n) is 2.05. The number of nitrogens with one attached hydrogen (secondary N) is 1. The zero-order valence-corrected chi connectivity index (χ0v) is 17.9. The SMILES string of the molecule is CN(C)S(=O)(=O)c1cc(NC(=O)COC(=O)c2cc(Br)ccc2O)ccc1Cl. The number of sulfonamides is 1. The van der Waals surface area contributed by atoms with Crippen LogP contribution >= 0.6 is 27.5 Å². The lowest BCUT2D eigenvalue weighted by atomic mass is 10.2. The van der Waals surface area contributed by atoms with Crippen molar-refractivity contribution in [2.75, 3.05) is 26.0 Å². The van der Waals surface area contributed by atoms with Gasteiger partial charge in [-0.2, -0.15) is 0 Å². The number of aromatic hydroxyl groups is 1. The molecule has 2 aromatic rings. The molecule has 2 aromatic carbocycles. The molecule has 1 amide bonds. The minimum absolute atomic E-state index is 0.00302. The first-order valence-electron chi connectivity index (χ1n) is 7.70. The fraction of sp³-hybridized carbons (Fsp3) is 0.176. The maximum Gasteiger partial charge on any atom is 0.342 e. The molecule has 28 heavy (non-hydrogen) atoms. The minimum atomic E-state index is -3.80. The topological polar surface area (TPSA) is 113 Å². The Morgan fingerprint density at radius 3 is 2.54 bits per heavy atom. The molecule has 0 aliphatic heterocycles. The number of rotatable bonds is 6. The molecular formula is C17H16BrClN2O6S. The van der Waals surface area contributed by atoms with Gasteiger partial charge in [0.25, 0.3) is 5.91 Å². The Hall–Kier alpha value is -2.14. The number of amides is 1. The molecule has 0 radical (unpaired) electrons. The summed E-state index contributed by atoms with van der Waals surface area (Å²) in [6, 6.07) is 8.15. The third-order valence-corrected chi connectivity index (χ3v) is 6.28. The van der Waals surface area contributed by atoms with Crippen LogP contribution in [0.2, 0.25) is 5.02 Å². The Kier molecular flexibility index (Phi) is 7.05. The van der Waals surface area contributed by atoms with Gasteiger partial charge in [-0.1, -0.05) is 27.5 Å². The van der Waals surface area contributed by atoms with Crippen molar-refractivity contribution >= 4 is 55.1 Å². The zero-order chi connectivity index (χ0) is 21.1. The summed E-state index contributed by atoms with van der Waals surface area (Å²) in [5.41, 5.74) is 0.0595. The quantitative estimate of drug-likeness (QED) is 0.601. The van der Waals surface area contributed by atoms with E-state index in [2.05, 4.69) is 21.2 Å². The molecule has 0 atom stereocenters. The maximum atomic E-state index is 12.3. The van der Waals surface area contributed by atoms with E-state index in [1.165, 1.54) is 44.4 Å². The van der Waals surface area contributed by atoms with Gasteiger partial charge in [0.2, 0.25) is 10.0 Å². The van der Waals surface area contributed by atoms with Gasteiger partial charge in [0, 0.05) is 24.3 Å². The molecular weight excluding hydrogens is 476 g/mol. The highest BCUT2D eigenvalue weighted by Crippen LogP contribution is 2.27. The van der Waals surface area contributed by atoms with Gasteiger partial charge < -0.3 is 15.2 Å². The lowest BCUT2D eigenvalue weighted by molar-refractivity contribution is -0.119. The zero-order valence-electron chi connectivity index (χ0n) is 14.8. The number of nitrogens with zero attached hydrogens (tertiary/aromatic N) is 1. The van der Waals surface area contributed by atoms with Crippen LogP contribution in [0.5, 0.6) is 5.75 Å². The largest absolute Gasteiger partial charge is 0.507 e. The van der Waals surface area contributed by atoms with E-state index < -0.39 is 28.5 Å². The van der Waals surface area contributed by atoms with E-state index in [0.29, 0.717) is 4.47 Å². The molecule has 11 heteroatoms. The highest BCUT2D eigenvalue weighted by molar-refractivity contribution is 9.10. The third kappa shape index (κ3) is 5.22. The van der Waals surface area contributed by atoms with Gasteiger partial charge in [0.1, 0.15) is 16.2 Å². The number of ether oxygens (including phenoxy) is 1. The summed E-state index contributed by atoms with van der Waals surface area (Å²) in [5.74, 6) is -1.87. The molecule has 0 unspecified atom stereocenters. The van der Waals surface area contributed by atoms with Crippen LogP contribution in [0.1, 0.15) is 10.4 Å². The first-order chi connectivity index (χ1) is 13.0. The number of phenols is 1. The van der Waals surface area contributed by atoms with Crippen LogP contribution in [-0.4, -0.2) is 50.4 Å². The van der Waals surface area contributed by atoms with Crippen molar-refractivity contribution in [1.29, 1.82) is 0 Å². The fourth-order valence-corrected chi connectivity index (χ4v) is 3.81. The maximum absolute atomic E-state index is 12.3. The van der Waals surface area contributed by atoms with Crippen molar-refractivity contribution in [3.8, 4) is 5.75 Å². The van der Waals surface area contributed by atoms with Crippen LogP contribution in [0.4, 0.5) is 5.69 Å². The molecule has 0 fully saturated rings. The monoisotopic (exact) mass is 490 g/mol. The summed E-state index contributed by atoms with van der Waals surface area (Å²) in [6.07, 6.45) is 0. The lowest BCUT2D eigenvalue weighted by Gasteiger charge is -2.14. The van der Waals surface area contributed by atoms with Crippen LogP contribution in [0, 0.1) is 0 Å². The van der Waals surface area contributed by atoms with Gasteiger partial charge in [-0.15, -0.1) is 0 Å². The number of hydrogen-bond donors (Lipinski definition) is 2. The minimum Gasteiger partial charge on any atom is -0.507 e. The van der Waals surface area contributed by atoms with Gasteiger partial charge in [0.15, 0.2) is 6.61 Å². The normalized spacial score (nSPS) is 11.3. The van der Waals surface area contributed by atoms with Crippen LogP contribution in [-0.2, 0) is 19.6 Å². The molecule has 0 saturated carbocycles. The average Bonchev–Trinajstić information content (AvgIpc) is 2.63. The molecule has 0 saturated heterocycles. The number of carbonyl (C=O) groups is 2. The van der Waals surface area contributed by atoms with E-state index in [1.54, 1.807) is 6.07 Å². The van der Waals surface area contributed by atoms with Crippen LogP contribution in [0.15, 0.2) is 45.8 Å². The van der Waals surface area contributed by atoms with Gasteiger partial charge in [-0.05, 0) is 36.4 Å². The number of esters is 1. The van der Waals surface area contributed by atoms with Crippen molar-refractivity contribution in [3.05, 3.63) is 51.5 Å². The molecule has 2 rings (SSSR count). The van der Waals surface area contributed by atoms with Crippen molar-refractivity contribution in [2.24, 2.45) is 0 Å². The van der Waals surface area contributed by atoms with Gasteiger partial charge in [0.05, 0.1) is 5.02 Å². The molecule has 2 N–H and O–H groups in total. The smallest absolute Gasteiger partial charge is 0.342 e. The Labute approximate surface area is 175 Å². The van der Waals surface area contributed by atoms with Crippen LogP contribution < -0.4 is 5.32 Å². The van der Waals surface area contributed by atoms with Gasteiger partial charge in [-0.25, -0.2) is 17.5 Å². The first kappa shape index (κ1) is 22.2. The second-order valence-corrected chi connectivity index (χ2v) is 9.16. The number of halogens is 2. The second kappa shape index (κ2) is 8.91. The third-order valence-electron chi connectivity index (χ3n) is 3.49. The number of hydrogen-bond acceptors (Lipinski definition) is 6. The van der Waals surface area contributed by atoms with Gasteiger partial charge >= 0.3 is 5.97 Å². The Bertz CT molecular complexity index is 1030. The summed E-state index contributed by atoms with van der Waals surface area (Å²) >= 11 is 9.11. The molecule has 0 bridgehead atoms. The van der Waals surface area contributed by atoms with E-state index in [-0.39, 0.29) is 26.9 Å². The Morgan fingerprint density at radius 1 is 1.21 bits per heavy atom. The summed E-state index contributed by atoms with van der Waals surface area (Å²) in [6.45, 7) is -0.636. The van der Waals surface area contributed by atoms with Crippen molar-refractivity contribution < 1.29 is 27.9 Å². The Morgan fingerprint density at radius 2 is 1.89 bits per heavy atom. The molecule has 0 aliphatic carbocycles. The molecule has 0 spiro atoms. The number of benzene rings is 2. The highest BCUT2D eigenvalue weighted by Gasteiger charge is 2.22. The number of carbonyl (C=O) groups excluding carboxylic acids is 2.